The summed E-state index contributed by atoms with van der Waals surface area (Å²) < 4.78 is 31.7. The number of methoxy groups -OCH3 is 1. The Morgan fingerprint density at radius 1 is 1.09 bits per heavy atom. The highest BCUT2D eigenvalue weighted by molar-refractivity contribution is 7.99. The number of sulfone groups is 1. The van der Waals surface area contributed by atoms with Crippen LogP contribution in [0.2, 0.25) is 0 Å². The molecule has 1 aliphatic heterocycles. The maximum atomic E-state index is 13.3. The van der Waals surface area contributed by atoms with Crippen molar-refractivity contribution in [3.05, 3.63) is 60.8 Å². The van der Waals surface area contributed by atoms with E-state index >= 15 is 0 Å². The fourth-order valence-electron chi connectivity index (χ4n) is 4.55. The number of thioether (sulfide) groups is 1. The van der Waals surface area contributed by atoms with E-state index in [4.69, 9.17) is 4.74 Å². The molecule has 2 aliphatic rings. The second-order valence-electron chi connectivity index (χ2n) is 8.68. The molecule has 1 amide bonds. The molecule has 9 heteroatoms. The maximum absolute atomic E-state index is 13.3. The minimum atomic E-state index is -3.06. The molecule has 3 aromatic rings. The highest BCUT2D eigenvalue weighted by atomic mass is 32.2. The Bertz CT molecular complexity index is 1290. The number of ether oxygens (including phenoxy) is 1. The van der Waals surface area contributed by atoms with Gasteiger partial charge in [0.15, 0.2) is 15.0 Å². The third-order valence-corrected chi connectivity index (χ3v) is 8.97. The van der Waals surface area contributed by atoms with Crippen molar-refractivity contribution in [3.8, 4) is 22.7 Å². The van der Waals surface area contributed by atoms with Crippen molar-refractivity contribution in [2.75, 3.05) is 24.4 Å². The molecular weight excluding hydrogens is 470 g/mol. The number of amides is 1. The van der Waals surface area contributed by atoms with Crippen molar-refractivity contribution in [2.24, 2.45) is 0 Å². The van der Waals surface area contributed by atoms with Crippen LogP contribution in [-0.4, -0.2) is 65.2 Å². The van der Waals surface area contributed by atoms with Crippen molar-refractivity contribution in [1.82, 2.24) is 14.5 Å². The van der Waals surface area contributed by atoms with Gasteiger partial charge in [0.1, 0.15) is 5.75 Å². The van der Waals surface area contributed by atoms with Crippen LogP contribution in [0.15, 0.2) is 66.0 Å². The zero-order chi connectivity index (χ0) is 23.7. The highest BCUT2D eigenvalue weighted by Gasteiger charge is 2.42. The zero-order valence-electron chi connectivity index (χ0n) is 19.0. The van der Waals surface area contributed by atoms with Crippen LogP contribution in [0, 0.1) is 0 Å². The Morgan fingerprint density at radius 2 is 1.82 bits per heavy atom. The first-order valence-corrected chi connectivity index (χ1v) is 14.2. The van der Waals surface area contributed by atoms with Gasteiger partial charge in [-0.3, -0.25) is 9.36 Å². The Labute approximate surface area is 204 Å². The number of nitrogens with zero attached hydrogens (tertiary/aromatic N) is 3. The lowest BCUT2D eigenvalue weighted by molar-refractivity contribution is -0.130. The van der Waals surface area contributed by atoms with Crippen molar-refractivity contribution in [3.63, 3.8) is 0 Å². The Morgan fingerprint density at radius 3 is 2.50 bits per heavy atom. The summed E-state index contributed by atoms with van der Waals surface area (Å²) in [4.78, 5) is 19.8. The first-order chi connectivity index (χ1) is 16.5. The average molecular weight is 498 g/mol. The molecule has 0 bridgehead atoms. The van der Waals surface area contributed by atoms with Gasteiger partial charge in [0.2, 0.25) is 5.91 Å². The summed E-state index contributed by atoms with van der Waals surface area (Å²) >= 11 is 1.37. The Balaban J connectivity index is 1.44. The predicted molar refractivity (Wildman–Crippen MR) is 133 cm³/mol. The number of aromatic nitrogens is 2. The van der Waals surface area contributed by atoms with Crippen LogP contribution in [-0.2, 0) is 14.6 Å². The van der Waals surface area contributed by atoms with Gasteiger partial charge in [-0.1, -0.05) is 54.2 Å². The molecule has 2 fully saturated rings. The quantitative estimate of drug-likeness (QED) is 0.440. The van der Waals surface area contributed by atoms with Gasteiger partial charge in [0, 0.05) is 17.6 Å². The lowest BCUT2D eigenvalue weighted by Gasteiger charge is -2.28. The number of benzene rings is 2. The van der Waals surface area contributed by atoms with E-state index in [0.29, 0.717) is 17.3 Å². The SMILES string of the molecule is COc1ccccc1-n1c(-c2ccccc2)cnc1SCC(=O)N(C1CC1)C1CCS(=O)(=O)C1. The lowest BCUT2D eigenvalue weighted by Crippen LogP contribution is -2.43. The third kappa shape index (κ3) is 4.72. The van der Waals surface area contributed by atoms with Crippen LogP contribution < -0.4 is 4.74 Å². The number of para-hydroxylation sites is 2. The van der Waals surface area contributed by atoms with E-state index in [1.54, 1.807) is 7.11 Å². The summed E-state index contributed by atoms with van der Waals surface area (Å²) in [5, 5.41) is 0.687. The summed E-state index contributed by atoms with van der Waals surface area (Å²) in [6.07, 6.45) is 4.24. The molecule has 1 atom stereocenters. The van der Waals surface area contributed by atoms with E-state index in [0.717, 1.165) is 29.8 Å². The van der Waals surface area contributed by atoms with Crippen molar-refractivity contribution >= 4 is 27.5 Å². The molecule has 1 aliphatic carbocycles. The lowest BCUT2D eigenvalue weighted by atomic mass is 10.1. The van der Waals surface area contributed by atoms with E-state index in [2.05, 4.69) is 4.98 Å². The molecule has 7 nitrogen and oxygen atoms in total. The molecule has 0 spiro atoms. The third-order valence-electron chi connectivity index (χ3n) is 6.28. The van der Waals surface area contributed by atoms with Crippen LogP contribution in [0.25, 0.3) is 16.9 Å². The molecule has 178 valence electrons. The smallest absolute Gasteiger partial charge is 0.233 e. The number of carbonyl (C=O) groups excluding carboxylic acids is 1. The molecule has 0 radical (unpaired) electrons. The molecular formula is C25H27N3O4S2. The van der Waals surface area contributed by atoms with E-state index in [1.165, 1.54) is 11.8 Å². The van der Waals surface area contributed by atoms with Gasteiger partial charge in [-0.25, -0.2) is 13.4 Å². The topological polar surface area (TPSA) is 81.5 Å². The molecule has 1 saturated heterocycles. The van der Waals surface area contributed by atoms with Crippen molar-refractivity contribution < 1.29 is 17.9 Å². The zero-order valence-corrected chi connectivity index (χ0v) is 20.6. The van der Waals surface area contributed by atoms with Gasteiger partial charge in [0.05, 0.1) is 41.9 Å². The number of carbonyl (C=O) groups is 1. The minimum absolute atomic E-state index is 0.0227. The first-order valence-electron chi connectivity index (χ1n) is 11.4. The maximum Gasteiger partial charge on any atom is 0.233 e. The normalized spacial score (nSPS) is 19.1. The van der Waals surface area contributed by atoms with Crippen molar-refractivity contribution in [1.29, 1.82) is 0 Å². The predicted octanol–water partition coefficient (Wildman–Crippen LogP) is 3.82. The fourth-order valence-corrected chi connectivity index (χ4v) is 7.12. The molecule has 1 aromatic heterocycles. The number of hydrogen-bond donors (Lipinski definition) is 0. The largest absolute Gasteiger partial charge is 0.495 e. The van der Waals surface area contributed by atoms with E-state index in [1.807, 2.05) is 70.3 Å². The van der Waals surface area contributed by atoms with Gasteiger partial charge in [-0.2, -0.15) is 0 Å². The van der Waals surface area contributed by atoms with E-state index in [9.17, 15) is 13.2 Å². The summed E-state index contributed by atoms with van der Waals surface area (Å²) in [5.41, 5.74) is 2.76. The number of rotatable bonds is 8. The van der Waals surface area contributed by atoms with Gasteiger partial charge >= 0.3 is 0 Å². The number of hydrogen-bond acceptors (Lipinski definition) is 6. The molecule has 34 heavy (non-hydrogen) atoms. The van der Waals surface area contributed by atoms with E-state index < -0.39 is 9.84 Å². The second kappa shape index (κ2) is 9.46. The molecule has 2 heterocycles. The van der Waals surface area contributed by atoms with Crippen LogP contribution in [0.3, 0.4) is 0 Å². The molecule has 5 rings (SSSR count). The Hall–Kier alpha value is -2.78. The fraction of sp³-hybridized carbons (Fsp3) is 0.360. The van der Waals surface area contributed by atoms with Crippen LogP contribution in [0.4, 0.5) is 0 Å². The molecule has 0 N–H and O–H groups in total. The summed E-state index contributed by atoms with van der Waals surface area (Å²) in [5.74, 6) is 1.13. The van der Waals surface area contributed by atoms with Crippen molar-refractivity contribution in [2.45, 2.75) is 36.5 Å². The van der Waals surface area contributed by atoms with Gasteiger partial charge in [0.25, 0.3) is 0 Å². The van der Waals surface area contributed by atoms with Crippen LogP contribution in [0.5, 0.6) is 5.75 Å². The van der Waals surface area contributed by atoms with Crippen LogP contribution >= 0.6 is 11.8 Å². The van der Waals surface area contributed by atoms with Crippen LogP contribution in [0.1, 0.15) is 19.3 Å². The standard InChI is InChI=1S/C25H27N3O4S2/c1-32-23-10-6-5-9-21(23)28-22(18-7-3-2-4-8-18)15-26-25(28)33-16-24(29)27(19-11-12-19)20-13-14-34(30,31)17-20/h2-10,15,19-20H,11-14,16-17H2,1H3. The molecule has 1 saturated carbocycles. The second-order valence-corrected chi connectivity index (χ2v) is 11.8. The molecule has 2 aromatic carbocycles. The first kappa shape index (κ1) is 23.0. The average Bonchev–Trinajstić information content (AvgIpc) is 3.48. The highest BCUT2D eigenvalue weighted by Crippen LogP contribution is 2.36. The summed E-state index contributed by atoms with van der Waals surface area (Å²) in [7, 11) is -1.42. The summed E-state index contributed by atoms with van der Waals surface area (Å²) in [6.45, 7) is 0. The van der Waals surface area contributed by atoms with Gasteiger partial charge in [-0.15, -0.1) is 0 Å². The Kier molecular flexibility index (Phi) is 6.40. The molecule has 1 unspecified atom stereocenters. The van der Waals surface area contributed by atoms with E-state index in [-0.39, 0.29) is 35.2 Å². The summed E-state index contributed by atoms with van der Waals surface area (Å²) in [6, 6.07) is 17.7. The van der Waals surface area contributed by atoms with Gasteiger partial charge < -0.3 is 9.64 Å². The number of imidazole rings is 1. The monoisotopic (exact) mass is 497 g/mol. The minimum Gasteiger partial charge on any atom is -0.495 e. The van der Waals surface area contributed by atoms with Gasteiger partial charge in [-0.05, 0) is 31.4 Å².